The van der Waals surface area contributed by atoms with Crippen LogP contribution in [0.3, 0.4) is 0 Å². The predicted octanol–water partition coefficient (Wildman–Crippen LogP) is 2.04. The summed E-state index contributed by atoms with van der Waals surface area (Å²) in [6.45, 7) is 0.229. The van der Waals surface area contributed by atoms with Gasteiger partial charge in [-0.3, -0.25) is 9.59 Å². The van der Waals surface area contributed by atoms with Crippen LogP contribution in [0.4, 0.5) is 8.78 Å². The summed E-state index contributed by atoms with van der Waals surface area (Å²) in [7, 11) is 0. The highest BCUT2D eigenvalue weighted by molar-refractivity contribution is 5.97. The maximum absolute atomic E-state index is 14.0. The van der Waals surface area contributed by atoms with Crippen LogP contribution in [0.2, 0.25) is 0 Å². The summed E-state index contributed by atoms with van der Waals surface area (Å²) < 4.78 is 38.1. The minimum Gasteiger partial charge on any atom is -0.480 e. The molecule has 10 heteroatoms. The summed E-state index contributed by atoms with van der Waals surface area (Å²) in [5.41, 5.74) is 0.844. The molecular weight excluding hydrogens is 426 g/mol. The average Bonchev–Trinajstić information content (AvgIpc) is 3.39. The Bertz CT molecular complexity index is 985. The molecule has 170 valence electrons. The number of carboxylic acids is 1. The third-order valence-electron chi connectivity index (χ3n) is 5.84. The fraction of sp³-hybridized carbons (Fsp3) is 0.409. The number of hydrogen-bond acceptors (Lipinski definition) is 5. The smallest absolute Gasteiger partial charge is 0.326 e. The van der Waals surface area contributed by atoms with Gasteiger partial charge in [-0.05, 0) is 30.2 Å². The lowest BCUT2D eigenvalue weighted by atomic mass is 9.90. The second kappa shape index (κ2) is 8.79. The number of carbonyl (C=O) groups excluding carboxylic acids is 2. The van der Waals surface area contributed by atoms with E-state index < -0.39 is 53.7 Å². The first-order valence-electron chi connectivity index (χ1n) is 10.2. The van der Waals surface area contributed by atoms with E-state index in [9.17, 15) is 28.3 Å². The molecule has 1 aliphatic carbocycles. The Morgan fingerprint density at radius 2 is 1.84 bits per heavy atom. The van der Waals surface area contributed by atoms with Crippen LogP contribution in [0.5, 0.6) is 0 Å². The van der Waals surface area contributed by atoms with E-state index in [2.05, 4.69) is 5.32 Å². The van der Waals surface area contributed by atoms with Gasteiger partial charge in [-0.15, -0.1) is 0 Å². The van der Waals surface area contributed by atoms with E-state index in [-0.39, 0.29) is 24.9 Å². The quantitative estimate of drug-likeness (QED) is 0.714. The van der Waals surface area contributed by atoms with Crippen LogP contribution in [0.1, 0.15) is 34.7 Å². The molecule has 0 saturated carbocycles. The van der Waals surface area contributed by atoms with Crippen molar-refractivity contribution in [2.45, 2.75) is 30.6 Å². The van der Waals surface area contributed by atoms with E-state index >= 15 is 0 Å². The van der Waals surface area contributed by atoms with E-state index in [0.29, 0.717) is 18.8 Å². The van der Waals surface area contributed by atoms with Crippen LogP contribution in [-0.4, -0.2) is 65.9 Å². The van der Waals surface area contributed by atoms with Crippen molar-refractivity contribution in [2.24, 2.45) is 0 Å². The van der Waals surface area contributed by atoms with Crippen molar-refractivity contribution in [1.29, 1.82) is 0 Å². The maximum atomic E-state index is 14.0. The molecule has 3 aliphatic rings. The number of nitrogens with one attached hydrogen (secondary N) is 1. The number of benzene rings is 1. The summed E-state index contributed by atoms with van der Waals surface area (Å²) in [4.78, 5) is 37.8. The second-order valence-corrected chi connectivity index (χ2v) is 7.90. The molecule has 0 bridgehead atoms. The molecule has 0 aromatic heterocycles. The molecule has 2 N–H and O–H groups in total. The predicted molar refractivity (Wildman–Crippen MR) is 107 cm³/mol. The SMILES string of the molecule is O=C(NCC(=O)N1CC2(C[C@H]1C(=O)O)OCCO2)c1ccc(C2CC=C(F)C=C2F)cc1. The van der Waals surface area contributed by atoms with Crippen molar-refractivity contribution in [3.05, 3.63) is 59.2 Å². The molecule has 2 aliphatic heterocycles. The summed E-state index contributed by atoms with van der Waals surface area (Å²) in [6.07, 6.45) is 2.35. The number of likely N-dealkylation sites (tertiary alicyclic amines) is 1. The van der Waals surface area contributed by atoms with Gasteiger partial charge in [-0.1, -0.05) is 12.1 Å². The van der Waals surface area contributed by atoms with Gasteiger partial charge in [0.1, 0.15) is 17.7 Å². The van der Waals surface area contributed by atoms with Crippen LogP contribution in [0.15, 0.2) is 48.1 Å². The first-order chi connectivity index (χ1) is 15.3. The molecule has 0 radical (unpaired) electrons. The molecule has 2 amide bonds. The zero-order valence-electron chi connectivity index (χ0n) is 17.1. The minimum atomic E-state index is -1.17. The standard InChI is InChI=1S/C22H22F2N2O6/c23-15-5-6-16(17(24)9-15)13-1-3-14(4-2-13)20(28)25-11-19(27)26-12-22(31-7-8-32-22)10-18(26)21(29)30/h1-5,9,16,18H,6-8,10-12H2,(H,25,28)(H,29,30)/t16?,18-/m0/s1. The maximum Gasteiger partial charge on any atom is 0.326 e. The summed E-state index contributed by atoms with van der Waals surface area (Å²) in [6, 6.07) is 5.02. The highest BCUT2D eigenvalue weighted by Gasteiger charge is 2.52. The highest BCUT2D eigenvalue weighted by atomic mass is 19.1. The first-order valence-corrected chi connectivity index (χ1v) is 10.2. The number of aliphatic carboxylic acids is 1. The third-order valence-corrected chi connectivity index (χ3v) is 5.84. The van der Waals surface area contributed by atoms with Crippen LogP contribution < -0.4 is 5.32 Å². The van der Waals surface area contributed by atoms with Gasteiger partial charge >= 0.3 is 5.97 Å². The van der Waals surface area contributed by atoms with Gasteiger partial charge in [0.05, 0.1) is 26.3 Å². The second-order valence-electron chi connectivity index (χ2n) is 7.90. The van der Waals surface area contributed by atoms with E-state index in [1.54, 1.807) is 12.1 Å². The number of ether oxygens (including phenoxy) is 2. The van der Waals surface area contributed by atoms with Gasteiger partial charge in [-0.25, -0.2) is 13.6 Å². The molecule has 2 heterocycles. The molecule has 8 nitrogen and oxygen atoms in total. The lowest BCUT2D eigenvalue weighted by Crippen LogP contribution is -2.46. The van der Waals surface area contributed by atoms with E-state index in [0.717, 1.165) is 11.0 Å². The Hall–Kier alpha value is -3.11. The van der Waals surface area contributed by atoms with Crippen molar-refractivity contribution in [1.82, 2.24) is 10.2 Å². The average molecular weight is 448 g/mol. The number of rotatable bonds is 5. The molecule has 2 atom stereocenters. The van der Waals surface area contributed by atoms with Crippen molar-refractivity contribution in [3.63, 3.8) is 0 Å². The Morgan fingerprint density at radius 1 is 1.16 bits per heavy atom. The van der Waals surface area contributed by atoms with Crippen LogP contribution >= 0.6 is 0 Å². The molecule has 2 saturated heterocycles. The Morgan fingerprint density at radius 3 is 2.47 bits per heavy atom. The number of halogens is 2. The largest absolute Gasteiger partial charge is 0.480 e. The summed E-state index contributed by atoms with van der Waals surface area (Å²) >= 11 is 0. The third kappa shape index (κ3) is 4.42. The van der Waals surface area contributed by atoms with Crippen molar-refractivity contribution in [3.8, 4) is 0 Å². The lowest BCUT2D eigenvalue weighted by Gasteiger charge is -2.23. The Labute approximate surface area is 182 Å². The first kappa shape index (κ1) is 22.1. The fourth-order valence-electron chi connectivity index (χ4n) is 4.18. The summed E-state index contributed by atoms with van der Waals surface area (Å²) in [5.74, 6) is -5.19. The number of hydrogen-bond donors (Lipinski definition) is 2. The highest BCUT2D eigenvalue weighted by Crippen LogP contribution is 2.35. The molecule has 1 spiro atoms. The van der Waals surface area contributed by atoms with E-state index in [1.807, 2.05) is 0 Å². The number of carbonyl (C=O) groups is 3. The number of nitrogens with zero attached hydrogens (tertiary/aromatic N) is 1. The molecule has 2 fully saturated rings. The van der Waals surface area contributed by atoms with Gasteiger partial charge in [0, 0.05) is 24.0 Å². The monoisotopic (exact) mass is 448 g/mol. The lowest BCUT2D eigenvalue weighted by molar-refractivity contribution is -0.152. The zero-order valence-corrected chi connectivity index (χ0v) is 17.1. The molecule has 32 heavy (non-hydrogen) atoms. The fourth-order valence-corrected chi connectivity index (χ4v) is 4.18. The van der Waals surface area contributed by atoms with Crippen LogP contribution in [0.25, 0.3) is 0 Å². The van der Waals surface area contributed by atoms with Crippen LogP contribution in [0, 0.1) is 0 Å². The van der Waals surface area contributed by atoms with Gasteiger partial charge < -0.3 is 24.8 Å². The van der Waals surface area contributed by atoms with Gasteiger partial charge in [-0.2, -0.15) is 0 Å². The van der Waals surface area contributed by atoms with Gasteiger partial charge in [0.15, 0.2) is 5.79 Å². The Balaban J connectivity index is 1.35. The number of amides is 2. The minimum absolute atomic E-state index is 0.0226. The molecule has 1 unspecified atom stereocenters. The summed E-state index contributed by atoms with van der Waals surface area (Å²) in [5, 5.41) is 11.9. The van der Waals surface area contributed by atoms with Gasteiger partial charge in [0.2, 0.25) is 5.91 Å². The number of carboxylic acid groups (broad SMARTS) is 1. The van der Waals surface area contributed by atoms with Crippen molar-refractivity contribution >= 4 is 17.8 Å². The van der Waals surface area contributed by atoms with Crippen molar-refractivity contribution < 1.29 is 37.7 Å². The molecular formula is C22H22F2N2O6. The van der Waals surface area contributed by atoms with Crippen molar-refractivity contribution in [2.75, 3.05) is 26.3 Å². The van der Waals surface area contributed by atoms with Crippen LogP contribution in [-0.2, 0) is 19.1 Å². The normalized spacial score (nSPS) is 24.2. The molecule has 1 aromatic carbocycles. The Kier molecular flexibility index (Phi) is 6.07. The molecule has 1 aromatic rings. The van der Waals surface area contributed by atoms with E-state index in [1.165, 1.54) is 18.2 Å². The zero-order chi connectivity index (χ0) is 22.9. The van der Waals surface area contributed by atoms with Gasteiger partial charge in [0.25, 0.3) is 5.91 Å². The number of allylic oxidation sites excluding steroid dienone is 4. The van der Waals surface area contributed by atoms with E-state index in [4.69, 9.17) is 9.47 Å². The molecule has 4 rings (SSSR count). The topological polar surface area (TPSA) is 105 Å².